The second-order valence-electron chi connectivity index (χ2n) is 9.92. The average Bonchev–Trinajstić information content (AvgIpc) is 2.97. The van der Waals surface area contributed by atoms with E-state index in [9.17, 15) is 14.4 Å². The first-order chi connectivity index (χ1) is 19.3. The third-order valence-corrected chi connectivity index (χ3v) is 6.83. The fourth-order valence-corrected chi connectivity index (χ4v) is 4.73. The number of carbonyl (C=O) groups is 3. The van der Waals surface area contributed by atoms with Gasteiger partial charge in [-0.1, -0.05) is 60.7 Å². The number of ether oxygens (including phenoxy) is 1. The van der Waals surface area contributed by atoms with E-state index in [0.717, 1.165) is 22.4 Å². The fraction of sp³-hybridized carbons (Fsp3) is 0.333. The molecule has 1 saturated heterocycles. The number of aryl methyl sites for hydroxylation is 2. The van der Waals surface area contributed by atoms with Crippen molar-refractivity contribution in [1.29, 1.82) is 0 Å². The molecule has 0 saturated carbocycles. The summed E-state index contributed by atoms with van der Waals surface area (Å²) in [7, 11) is 0. The smallest absolute Gasteiger partial charge is 0.410 e. The third kappa shape index (κ3) is 7.79. The van der Waals surface area contributed by atoms with Gasteiger partial charge in [0.05, 0.1) is 12.6 Å². The lowest BCUT2D eigenvalue weighted by Gasteiger charge is -2.41. The largest absolute Gasteiger partial charge is 0.445 e. The van der Waals surface area contributed by atoms with Crippen LogP contribution in [0.3, 0.4) is 0 Å². The van der Waals surface area contributed by atoms with E-state index >= 15 is 0 Å². The Morgan fingerprint density at radius 3 is 2.35 bits per heavy atom. The summed E-state index contributed by atoms with van der Waals surface area (Å²) in [5.74, 6) is -0.356. The summed E-state index contributed by atoms with van der Waals surface area (Å²) in [6, 6.07) is 20.9. The Bertz CT molecular complexity index is 1280. The lowest BCUT2D eigenvalue weighted by molar-refractivity contribution is -0.144. The molecule has 0 aliphatic carbocycles. The maximum Gasteiger partial charge on any atom is 0.410 e. The molecule has 0 radical (unpaired) electrons. The van der Waals surface area contributed by atoms with Crippen molar-refractivity contribution in [3.8, 4) is 0 Å². The van der Waals surface area contributed by atoms with E-state index in [1.165, 1.54) is 9.80 Å². The number of anilines is 1. The minimum Gasteiger partial charge on any atom is -0.445 e. The summed E-state index contributed by atoms with van der Waals surface area (Å²) < 4.78 is 5.49. The van der Waals surface area contributed by atoms with Crippen molar-refractivity contribution < 1.29 is 19.1 Å². The number of rotatable bonds is 9. The van der Waals surface area contributed by atoms with Crippen LogP contribution in [0.4, 0.5) is 10.6 Å². The highest BCUT2D eigenvalue weighted by Gasteiger charge is 2.39. The molecule has 10 heteroatoms. The molecular weight excluding hydrogens is 508 g/mol. The van der Waals surface area contributed by atoms with Crippen molar-refractivity contribution >= 4 is 23.7 Å². The Labute approximate surface area is 234 Å². The second-order valence-corrected chi connectivity index (χ2v) is 9.92. The predicted octanol–water partition coefficient (Wildman–Crippen LogP) is 2.40. The maximum absolute atomic E-state index is 13.4. The first-order valence-electron chi connectivity index (χ1n) is 13.4. The average molecular weight is 545 g/mol. The summed E-state index contributed by atoms with van der Waals surface area (Å²) in [4.78, 5) is 46.9. The molecule has 1 aromatic heterocycles. The van der Waals surface area contributed by atoms with Crippen molar-refractivity contribution in [1.82, 2.24) is 20.1 Å². The predicted molar refractivity (Wildman–Crippen MR) is 152 cm³/mol. The number of nitrogens with two attached hydrogens (primary N) is 2. The van der Waals surface area contributed by atoms with Crippen LogP contribution in [0.2, 0.25) is 0 Å². The molecule has 0 spiro atoms. The summed E-state index contributed by atoms with van der Waals surface area (Å²) in [5, 5.41) is 2.89. The molecule has 2 heterocycles. The summed E-state index contributed by atoms with van der Waals surface area (Å²) in [5.41, 5.74) is 15.6. The van der Waals surface area contributed by atoms with Gasteiger partial charge >= 0.3 is 6.09 Å². The highest BCUT2D eigenvalue weighted by atomic mass is 16.6. The zero-order chi connectivity index (χ0) is 28.5. The summed E-state index contributed by atoms with van der Waals surface area (Å²) in [6.45, 7) is 2.52. The van der Waals surface area contributed by atoms with E-state index in [1.54, 1.807) is 6.07 Å². The lowest BCUT2D eigenvalue weighted by Crippen LogP contribution is -2.63. The van der Waals surface area contributed by atoms with Gasteiger partial charge in [-0.25, -0.2) is 9.78 Å². The number of nitrogen functional groups attached to an aromatic ring is 1. The van der Waals surface area contributed by atoms with Gasteiger partial charge in [0.15, 0.2) is 0 Å². The first kappa shape index (κ1) is 28.6. The Morgan fingerprint density at radius 2 is 1.68 bits per heavy atom. The second kappa shape index (κ2) is 13.6. The molecule has 2 atom stereocenters. The van der Waals surface area contributed by atoms with Gasteiger partial charge in [0.25, 0.3) is 0 Å². The minimum atomic E-state index is -0.923. The third-order valence-electron chi connectivity index (χ3n) is 6.83. The molecule has 1 aliphatic rings. The van der Waals surface area contributed by atoms with Crippen molar-refractivity contribution in [2.75, 3.05) is 25.4 Å². The van der Waals surface area contributed by atoms with Gasteiger partial charge in [-0.2, -0.15) is 0 Å². The monoisotopic (exact) mass is 544 g/mol. The van der Waals surface area contributed by atoms with Crippen LogP contribution in [0.5, 0.6) is 0 Å². The molecule has 3 amide bonds. The highest BCUT2D eigenvalue weighted by molar-refractivity contribution is 5.90. The van der Waals surface area contributed by atoms with Crippen LogP contribution in [0.25, 0.3) is 0 Å². The topological polar surface area (TPSA) is 144 Å². The highest BCUT2D eigenvalue weighted by Crippen LogP contribution is 2.16. The van der Waals surface area contributed by atoms with E-state index in [1.807, 2.05) is 73.7 Å². The van der Waals surface area contributed by atoms with Crippen molar-refractivity contribution in [3.63, 3.8) is 0 Å². The Balaban J connectivity index is 1.43. The minimum absolute atomic E-state index is 0.00584. The molecule has 2 unspecified atom stereocenters. The van der Waals surface area contributed by atoms with Gasteiger partial charge in [0.2, 0.25) is 11.8 Å². The molecule has 3 aromatic rings. The molecule has 0 bridgehead atoms. The van der Waals surface area contributed by atoms with Crippen molar-refractivity contribution in [3.05, 3.63) is 95.2 Å². The molecule has 5 N–H and O–H groups in total. The summed E-state index contributed by atoms with van der Waals surface area (Å²) >= 11 is 0. The molecule has 1 aliphatic heterocycles. The van der Waals surface area contributed by atoms with Crippen LogP contribution in [0, 0.1) is 6.92 Å². The van der Waals surface area contributed by atoms with Gasteiger partial charge in [-0.3, -0.25) is 9.59 Å². The van der Waals surface area contributed by atoms with Crippen LogP contribution in [0.15, 0.2) is 72.8 Å². The maximum atomic E-state index is 13.4. The molecule has 1 fully saturated rings. The number of benzene rings is 2. The number of hydrogen-bond donors (Lipinski definition) is 3. The molecule has 210 valence electrons. The first-order valence-corrected chi connectivity index (χ1v) is 13.4. The lowest BCUT2D eigenvalue weighted by atomic mass is 10.0. The number of carbonyl (C=O) groups excluding carboxylic acids is 3. The van der Waals surface area contributed by atoms with Crippen molar-refractivity contribution in [2.24, 2.45) is 5.73 Å². The van der Waals surface area contributed by atoms with Crippen LogP contribution < -0.4 is 16.8 Å². The standard InChI is InChI=1S/C30H36N6O4/c1-21-16-24(17-27(32)34-21)18-33-28(37)26-19-35(30(39)40-20-23-10-6-3-7-11-23)14-15-36(26)29(38)25(31)13-12-22-8-4-2-5-9-22/h2-11,16-17,25-26H,12-15,18-20,31H2,1H3,(H2,32,34)(H,33,37). The molecule has 10 nitrogen and oxygen atoms in total. The quantitative estimate of drug-likeness (QED) is 0.375. The Morgan fingerprint density at radius 1 is 1.00 bits per heavy atom. The Hall–Kier alpha value is -4.44. The van der Waals surface area contributed by atoms with E-state index in [0.29, 0.717) is 18.7 Å². The van der Waals surface area contributed by atoms with Crippen molar-refractivity contribution in [2.45, 2.75) is 45.0 Å². The molecule has 40 heavy (non-hydrogen) atoms. The summed E-state index contributed by atoms with van der Waals surface area (Å²) in [6.07, 6.45) is 0.533. The zero-order valence-electron chi connectivity index (χ0n) is 22.7. The molecule has 4 rings (SSSR count). The van der Waals surface area contributed by atoms with Gasteiger partial charge in [-0.05, 0) is 48.6 Å². The van der Waals surface area contributed by atoms with E-state index in [-0.39, 0.29) is 38.7 Å². The van der Waals surface area contributed by atoms with E-state index in [4.69, 9.17) is 16.2 Å². The van der Waals surface area contributed by atoms with Gasteiger partial charge in [0.1, 0.15) is 18.5 Å². The fourth-order valence-electron chi connectivity index (χ4n) is 4.73. The number of pyridine rings is 1. The van der Waals surface area contributed by atoms with Crippen LogP contribution in [-0.4, -0.2) is 64.4 Å². The zero-order valence-corrected chi connectivity index (χ0v) is 22.7. The van der Waals surface area contributed by atoms with Crippen LogP contribution in [0.1, 0.15) is 28.8 Å². The van der Waals surface area contributed by atoms with Crippen LogP contribution >= 0.6 is 0 Å². The number of nitrogens with zero attached hydrogens (tertiary/aromatic N) is 3. The van der Waals surface area contributed by atoms with Gasteiger partial charge in [-0.15, -0.1) is 0 Å². The van der Waals surface area contributed by atoms with E-state index < -0.39 is 24.1 Å². The number of piperazine rings is 1. The van der Waals surface area contributed by atoms with Gasteiger partial charge < -0.3 is 31.3 Å². The number of hydrogen-bond acceptors (Lipinski definition) is 7. The van der Waals surface area contributed by atoms with Gasteiger partial charge in [0, 0.05) is 25.3 Å². The number of aromatic nitrogens is 1. The van der Waals surface area contributed by atoms with E-state index in [2.05, 4.69) is 10.3 Å². The molecular formula is C30H36N6O4. The SMILES string of the molecule is Cc1cc(CNC(=O)C2CN(C(=O)OCc3ccccc3)CCN2C(=O)C(N)CCc2ccccc2)cc(N)n1. The number of nitrogens with one attached hydrogen (secondary N) is 1. The van der Waals surface area contributed by atoms with Crippen LogP contribution in [-0.2, 0) is 33.9 Å². The normalized spacial score (nSPS) is 15.8. The molecule has 2 aromatic carbocycles. The Kier molecular flexibility index (Phi) is 9.69. The number of amides is 3.